The fraction of sp³-hybridized carbons (Fsp3) is 0.553. The largest absolute Gasteiger partial charge is 0.389 e. The van der Waals surface area contributed by atoms with Crippen LogP contribution in [0, 0.1) is 12.3 Å². The number of hydrogen-bond acceptors (Lipinski definition) is 10. The Kier molecular flexibility index (Phi) is 21.8. The number of benzene rings is 2. The lowest BCUT2D eigenvalue weighted by Crippen LogP contribution is -2.49. The Morgan fingerprint density at radius 1 is 0.855 bits per heavy atom. The van der Waals surface area contributed by atoms with E-state index in [1.165, 1.54) is 11.1 Å². The standard InChI is InChI=1S/C47H66N8O7/c1-6-7-22-45(61)54(33-16-32-49-51-46(62)37-25-27-38(28-26-37)47(2)52-53-47)34-44(60)48-31-14-10-12-19-41(55(3,4)5)42(58)20-15-17-36-23-29-39(30-24-36)50-43(59)21-13-9-8-11-18-40(57)35-56/h1,23-30,32,41,56H,7-22,31,33-35H2,2-5H3,(H2-,48,50,51,59,60,62)/p+1/b49-32+/t41-/m1/s1. The number of nitrogens with one attached hydrogen (secondary N) is 3. The molecule has 0 spiro atoms. The number of carbonyl (C=O) groups excluding carboxylic acids is 6. The number of quaternary nitrogens is 1. The molecular weight excluding hydrogens is 789 g/mol. The summed E-state index contributed by atoms with van der Waals surface area (Å²) >= 11 is 0. The van der Waals surface area contributed by atoms with Crippen molar-refractivity contribution in [3.8, 4) is 12.3 Å². The number of aryl methyl sites for hydroxylation is 1. The molecule has 15 nitrogen and oxygen atoms in total. The van der Waals surface area contributed by atoms with Crippen molar-refractivity contribution in [3.63, 3.8) is 0 Å². The molecule has 1 aliphatic heterocycles. The topological polar surface area (TPSA) is 199 Å². The van der Waals surface area contributed by atoms with Gasteiger partial charge in [-0.25, -0.2) is 5.43 Å². The van der Waals surface area contributed by atoms with Crippen molar-refractivity contribution < 1.29 is 38.4 Å². The minimum absolute atomic E-state index is 0.0474. The van der Waals surface area contributed by atoms with E-state index in [0.717, 1.165) is 81.0 Å². The van der Waals surface area contributed by atoms with Crippen molar-refractivity contribution in [1.82, 2.24) is 15.6 Å². The maximum Gasteiger partial charge on any atom is 0.271 e. The van der Waals surface area contributed by atoms with Crippen molar-refractivity contribution in [2.24, 2.45) is 15.3 Å². The minimum Gasteiger partial charge on any atom is -0.389 e. The first-order valence-corrected chi connectivity index (χ1v) is 21.8. The number of hydrazone groups is 1. The molecule has 15 heteroatoms. The lowest BCUT2D eigenvalue weighted by molar-refractivity contribution is -0.886. The fourth-order valence-corrected chi connectivity index (χ4v) is 6.93. The molecule has 2 aromatic carbocycles. The van der Waals surface area contributed by atoms with Gasteiger partial charge in [-0.1, -0.05) is 43.5 Å². The summed E-state index contributed by atoms with van der Waals surface area (Å²) in [4.78, 5) is 76.5. The molecule has 1 aliphatic rings. The number of aliphatic hydroxyl groups excluding tert-OH is 1. The third-order valence-corrected chi connectivity index (χ3v) is 10.7. The molecule has 4 amide bonds. The van der Waals surface area contributed by atoms with Gasteiger partial charge in [0, 0.05) is 81.1 Å². The van der Waals surface area contributed by atoms with Gasteiger partial charge in [-0.2, -0.15) is 15.3 Å². The second-order valence-corrected chi connectivity index (χ2v) is 16.9. The van der Waals surface area contributed by atoms with Gasteiger partial charge in [0.05, 0.1) is 27.7 Å². The predicted octanol–water partition coefficient (Wildman–Crippen LogP) is 5.86. The average molecular weight is 856 g/mol. The van der Waals surface area contributed by atoms with Crippen molar-refractivity contribution in [3.05, 3.63) is 65.2 Å². The van der Waals surface area contributed by atoms with E-state index in [1.807, 2.05) is 52.3 Å². The summed E-state index contributed by atoms with van der Waals surface area (Å²) in [5.74, 6) is 1.61. The van der Waals surface area contributed by atoms with Crippen molar-refractivity contribution in [1.29, 1.82) is 0 Å². The number of nitrogens with zero attached hydrogens (tertiary/aromatic N) is 5. The van der Waals surface area contributed by atoms with Gasteiger partial charge in [0.25, 0.3) is 5.91 Å². The van der Waals surface area contributed by atoms with Crippen LogP contribution in [0.25, 0.3) is 0 Å². The molecule has 3 rings (SSSR count). The van der Waals surface area contributed by atoms with Gasteiger partial charge in [0.15, 0.2) is 11.6 Å². The highest BCUT2D eigenvalue weighted by atomic mass is 16.3. The molecule has 0 saturated heterocycles. The highest BCUT2D eigenvalue weighted by molar-refractivity contribution is 5.94. The quantitative estimate of drug-likeness (QED) is 0.0240. The van der Waals surface area contributed by atoms with Crippen molar-refractivity contribution in [2.45, 2.75) is 121 Å². The van der Waals surface area contributed by atoms with Crippen LogP contribution in [0.3, 0.4) is 0 Å². The number of carbonyl (C=O) groups is 6. The molecule has 62 heavy (non-hydrogen) atoms. The Morgan fingerprint density at radius 3 is 2.18 bits per heavy atom. The average Bonchev–Trinajstić information content (AvgIpc) is 4.00. The van der Waals surface area contributed by atoms with Crippen LogP contribution in [0.4, 0.5) is 5.69 Å². The number of Topliss-reactive ketones (excluding diaryl/α,β-unsaturated/α-hetero) is 2. The molecule has 0 aromatic heterocycles. The number of aliphatic hydroxyl groups is 1. The zero-order valence-corrected chi connectivity index (χ0v) is 37.1. The van der Waals surface area contributed by atoms with Gasteiger partial charge in [-0.3, -0.25) is 28.8 Å². The molecule has 0 saturated carbocycles. The van der Waals surface area contributed by atoms with Gasteiger partial charge in [-0.15, -0.1) is 12.3 Å². The minimum atomic E-state index is -0.521. The predicted molar refractivity (Wildman–Crippen MR) is 240 cm³/mol. The molecular formula is C47H67N8O7+. The fourth-order valence-electron chi connectivity index (χ4n) is 6.93. The Morgan fingerprint density at radius 2 is 1.53 bits per heavy atom. The summed E-state index contributed by atoms with van der Waals surface area (Å²) in [5, 5.41) is 26.6. The van der Waals surface area contributed by atoms with Crippen LogP contribution in [-0.2, 0) is 36.1 Å². The van der Waals surface area contributed by atoms with Crippen LogP contribution in [-0.4, -0.2) is 109 Å². The highest BCUT2D eigenvalue weighted by Gasteiger charge is 2.36. The van der Waals surface area contributed by atoms with E-state index >= 15 is 0 Å². The first kappa shape index (κ1) is 50.8. The van der Waals surface area contributed by atoms with E-state index in [4.69, 9.17) is 11.5 Å². The van der Waals surface area contributed by atoms with Crippen LogP contribution in [0.1, 0.15) is 125 Å². The molecule has 0 bridgehead atoms. The zero-order chi connectivity index (χ0) is 45.4. The number of hydrogen-bond donors (Lipinski definition) is 4. The maximum absolute atomic E-state index is 13.4. The summed E-state index contributed by atoms with van der Waals surface area (Å²) in [5.41, 5.74) is 5.13. The third kappa shape index (κ3) is 19.4. The van der Waals surface area contributed by atoms with Crippen LogP contribution >= 0.6 is 0 Å². The number of terminal acetylenes is 1. The lowest BCUT2D eigenvalue weighted by atomic mass is 9.97. The SMILES string of the molecule is C#CCCC(=O)N(CC/C=N/NC(=O)c1ccc(C2(C)N=N2)cc1)CC(=O)NCCCCC[C@H](C(=O)CCCc1ccc(NC(=O)CCCCCCC(=O)CO)cc1)[N+](C)(C)C. The summed E-state index contributed by atoms with van der Waals surface area (Å²) in [7, 11) is 6.12. The first-order chi connectivity index (χ1) is 29.6. The summed E-state index contributed by atoms with van der Waals surface area (Å²) in [6, 6.07) is 14.6. The molecule has 336 valence electrons. The van der Waals surface area contributed by atoms with Gasteiger partial charge >= 0.3 is 0 Å². The number of rotatable bonds is 31. The van der Waals surface area contributed by atoms with Gasteiger partial charge in [0.2, 0.25) is 23.4 Å². The van der Waals surface area contributed by atoms with Crippen LogP contribution in [0.2, 0.25) is 0 Å². The summed E-state index contributed by atoms with van der Waals surface area (Å²) in [6.45, 7) is 2.03. The molecule has 0 unspecified atom stereocenters. The van der Waals surface area contributed by atoms with E-state index in [2.05, 4.69) is 37.3 Å². The molecule has 1 heterocycles. The molecule has 0 aliphatic carbocycles. The van der Waals surface area contributed by atoms with Crippen molar-refractivity contribution >= 4 is 47.1 Å². The van der Waals surface area contributed by atoms with Crippen LogP contribution in [0.15, 0.2) is 63.9 Å². The second-order valence-electron chi connectivity index (χ2n) is 16.9. The maximum atomic E-state index is 13.4. The van der Waals surface area contributed by atoms with Gasteiger partial charge < -0.3 is 25.1 Å². The highest BCUT2D eigenvalue weighted by Crippen LogP contribution is 2.38. The number of unbranched alkanes of at least 4 members (excludes halogenated alkanes) is 5. The number of likely N-dealkylation sites (N-methyl/N-ethyl adjacent to an activating group) is 1. The zero-order valence-electron chi connectivity index (χ0n) is 37.1. The number of ketones is 2. The number of amides is 4. The molecule has 0 fully saturated rings. The van der Waals surface area contributed by atoms with E-state index in [1.54, 1.807) is 24.3 Å². The second kappa shape index (κ2) is 26.7. The molecule has 0 radical (unpaired) electrons. The van der Waals surface area contributed by atoms with Crippen LogP contribution in [0.5, 0.6) is 0 Å². The molecule has 4 N–H and O–H groups in total. The number of anilines is 1. The first-order valence-electron chi connectivity index (χ1n) is 21.8. The summed E-state index contributed by atoms with van der Waals surface area (Å²) in [6.07, 6.45) is 16.6. The Bertz CT molecular complexity index is 1880. The van der Waals surface area contributed by atoms with Gasteiger partial charge in [0.1, 0.15) is 12.6 Å². The molecule has 1 atom stereocenters. The molecule has 2 aromatic rings. The van der Waals surface area contributed by atoms with Crippen LogP contribution < -0.4 is 16.1 Å². The Hall–Kier alpha value is -5.59. The van der Waals surface area contributed by atoms with E-state index in [9.17, 15) is 28.8 Å². The third-order valence-electron chi connectivity index (χ3n) is 10.7. The Balaban J connectivity index is 1.32. The van der Waals surface area contributed by atoms with E-state index in [0.29, 0.717) is 42.3 Å². The Labute approximate surface area is 367 Å². The monoisotopic (exact) mass is 856 g/mol. The smallest absolute Gasteiger partial charge is 0.271 e. The van der Waals surface area contributed by atoms with Gasteiger partial charge in [-0.05, 0) is 75.3 Å². The van der Waals surface area contributed by atoms with E-state index in [-0.39, 0.29) is 67.2 Å². The lowest BCUT2D eigenvalue weighted by Gasteiger charge is -2.33. The van der Waals surface area contributed by atoms with Crippen molar-refractivity contribution in [2.75, 3.05) is 52.7 Å². The summed E-state index contributed by atoms with van der Waals surface area (Å²) < 4.78 is 0.537. The van der Waals surface area contributed by atoms with E-state index < -0.39 is 12.3 Å². The normalized spacial score (nSPS) is 13.2.